The van der Waals surface area contributed by atoms with Gasteiger partial charge in [-0.1, -0.05) is 11.6 Å². The van der Waals surface area contributed by atoms with Crippen molar-refractivity contribution in [1.29, 1.82) is 0 Å². The maximum Gasteiger partial charge on any atom is 0.251 e. The minimum atomic E-state index is -0.267. The third-order valence-electron chi connectivity index (χ3n) is 3.62. The molecule has 0 aromatic heterocycles. The van der Waals surface area contributed by atoms with Gasteiger partial charge in [-0.2, -0.15) is 0 Å². The summed E-state index contributed by atoms with van der Waals surface area (Å²) in [5.74, 6) is 1.69. The third kappa shape index (κ3) is 4.95. The molecule has 26 heavy (non-hydrogen) atoms. The van der Waals surface area contributed by atoms with E-state index in [-0.39, 0.29) is 11.9 Å². The molecule has 2 aromatic rings. The van der Waals surface area contributed by atoms with Crippen molar-refractivity contribution in [3.05, 3.63) is 47.0 Å². The number of hydrogen-bond donors (Lipinski definition) is 1. The standard InChI is InChI=1S/C19H22ClNO5/c1-12(11-26-15-7-5-14(20)6-8-15)21-19(22)13-9-16(23-2)18(25-4)17(10-13)24-3/h5-10,12H,11H2,1-4H3,(H,21,22). The van der Waals surface area contributed by atoms with Crippen molar-refractivity contribution in [3.8, 4) is 23.0 Å². The summed E-state index contributed by atoms with van der Waals surface area (Å²) in [4.78, 5) is 12.5. The highest BCUT2D eigenvalue weighted by Gasteiger charge is 2.18. The lowest BCUT2D eigenvalue weighted by molar-refractivity contribution is 0.0926. The number of rotatable bonds is 8. The highest BCUT2D eigenvalue weighted by Crippen LogP contribution is 2.38. The molecule has 0 heterocycles. The summed E-state index contributed by atoms with van der Waals surface area (Å²) in [5.41, 5.74) is 0.401. The fourth-order valence-electron chi connectivity index (χ4n) is 2.31. The average molecular weight is 380 g/mol. The van der Waals surface area contributed by atoms with Crippen LogP contribution in [0.1, 0.15) is 17.3 Å². The van der Waals surface area contributed by atoms with Gasteiger partial charge in [0.15, 0.2) is 11.5 Å². The summed E-state index contributed by atoms with van der Waals surface area (Å²) >= 11 is 5.84. The minimum Gasteiger partial charge on any atom is -0.493 e. The van der Waals surface area contributed by atoms with Gasteiger partial charge in [-0.05, 0) is 43.3 Å². The van der Waals surface area contributed by atoms with E-state index in [0.29, 0.717) is 40.2 Å². The summed E-state index contributed by atoms with van der Waals surface area (Å²) in [6, 6.07) is 10.0. The van der Waals surface area contributed by atoms with E-state index in [1.54, 1.807) is 36.4 Å². The van der Waals surface area contributed by atoms with Crippen molar-refractivity contribution in [1.82, 2.24) is 5.32 Å². The fourth-order valence-corrected chi connectivity index (χ4v) is 2.44. The first-order valence-corrected chi connectivity index (χ1v) is 8.35. The Kier molecular flexibility index (Phi) is 6.97. The maximum atomic E-state index is 12.5. The molecule has 1 atom stereocenters. The van der Waals surface area contributed by atoms with Gasteiger partial charge in [0.1, 0.15) is 12.4 Å². The fraction of sp³-hybridized carbons (Fsp3) is 0.316. The van der Waals surface area contributed by atoms with Crippen LogP contribution in [0.3, 0.4) is 0 Å². The van der Waals surface area contributed by atoms with Crippen LogP contribution in [0.4, 0.5) is 0 Å². The summed E-state index contributed by atoms with van der Waals surface area (Å²) < 4.78 is 21.4. The molecule has 1 unspecified atom stereocenters. The zero-order valence-electron chi connectivity index (χ0n) is 15.2. The highest BCUT2D eigenvalue weighted by atomic mass is 35.5. The Balaban J connectivity index is 2.03. The lowest BCUT2D eigenvalue weighted by Gasteiger charge is -2.17. The van der Waals surface area contributed by atoms with E-state index in [2.05, 4.69) is 5.32 Å². The zero-order valence-corrected chi connectivity index (χ0v) is 15.9. The second-order valence-electron chi connectivity index (χ2n) is 5.55. The van der Waals surface area contributed by atoms with E-state index >= 15 is 0 Å². The molecule has 0 bridgehead atoms. The van der Waals surface area contributed by atoms with Crippen LogP contribution in [0, 0.1) is 0 Å². The first kappa shape index (κ1) is 19.7. The van der Waals surface area contributed by atoms with Gasteiger partial charge in [0.2, 0.25) is 5.75 Å². The molecule has 0 aliphatic heterocycles. The van der Waals surface area contributed by atoms with Gasteiger partial charge >= 0.3 is 0 Å². The molecule has 1 N–H and O–H groups in total. The molecule has 1 amide bonds. The number of methoxy groups -OCH3 is 3. The summed E-state index contributed by atoms with van der Waals surface area (Å²) in [6.45, 7) is 2.17. The first-order valence-electron chi connectivity index (χ1n) is 7.97. The molecule has 0 radical (unpaired) electrons. The maximum absolute atomic E-state index is 12.5. The topological polar surface area (TPSA) is 66.0 Å². The zero-order chi connectivity index (χ0) is 19.1. The molecule has 6 nitrogen and oxygen atoms in total. The molecule has 2 rings (SSSR count). The van der Waals surface area contributed by atoms with Crippen molar-refractivity contribution in [2.75, 3.05) is 27.9 Å². The third-order valence-corrected chi connectivity index (χ3v) is 3.87. The predicted octanol–water partition coefficient (Wildman–Crippen LogP) is 3.56. The number of hydrogen-bond acceptors (Lipinski definition) is 5. The normalized spacial score (nSPS) is 11.4. The van der Waals surface area contributed by atoms with Gasteiger partial charge in [0.25, 0.3) is 5.91 Å². The molecule has 0 saturated carbocycles. The molecule has 0 saturated heterocycles. The van der Waals surface area contributed by atoms with Crippen LogP contribution in [-0.2, 0) is 0 Å². The Hall–Kier alpha value is -2.60. The number of carbonyl (C=O) groups is 1. The smallest absolute Gasteiger partial charge is 0.251 e. The van der Waals surface area contributed by atoms with E-state index in [0.717, 1.165) is 0 Å². The van der Waals surface area contributed by atoms with Crippen molar-refractivity contribution < 1.29 is 23.7 Å². The van der Waals surface area contributed by atoms with Gasteiger partial charge in [-0.15, -0.1) is 0 Å². The largest absolute Gasteiger partial charge is 0.493 e. The van der Waals surface area contributed by atoms with E-state index in [1.807, 2.05) is 6.92 Å². The second-order valence-corrected chi connectivity index (χ2v) is 5.99. The van der Waals surface area contributed by atoms with Gasteiger partial charge < -0.3 is 24.3 Å². The first-order chi connectivity index (χ1) is 12.5. The Morgan fingerprint density at radius 2 is 1.62 bits per heavy atom. The lowest BCUT2D eigenvalue weighted by Crippen LogP contribution is -2.36. The average Bonchev–Trinajstić information content (AvgIpc) is 2.66. The van der Waals surface area contributed by atoms with Crippen LogP contribution in [-0.4, -0.2) is 39.9 Å². The summed E-state index contributed by atoms with van der Waals surface area (Å²) in [7, 11) is 4.51. The van der Waals surface area contributed by atoms with E-state index in [9.17, 15) is 4.79 Å². The molecular weight excluding hydrogens is 358 g/mol. The van der Waals surface area contributed by atoms with Gasteiger partial charge in [-0.25, -0.2) is 0 Å². The molecule has 0 aliphatic rings. The molecule has 0 spiro atoms. The number of nitrogens with one attached hydrogen (secondary N) is 1. The summed E-state index contributed by atoms with van der Waals surface area (Å²) in [5, 5.41) is 3.52. The van der Waals surface area contributed by atoms with Crippen molar-refractivity contribution in [2.24, 2.45) is 0 Å². The second kappa shape index (κ2) is 9.20. The minimum absolute atomic E-state index is 0.211. The molecule has 0 fully saturated rings. The highest BCUT2D eigenvalue weighted by molar-refractivity contribution is 6.30. The number of benzene rings is 2. The number of halogens is 1. The van der Waals surface area contributed by atoms with E-state index in [1.165, 1.54) is 21.3 Å². The quantitative estimate of drug-likeness (QED) is 0.759. The van der Waals surface area contributed by atoms with Crippen LogP contribution in [0.25, 0.3) is 0 Å². The van der Waals surface area contributed by atoms with Crippen LogP contribution < -0.4 is 24.3 Å². The number of amides is 1. The number of carbonyl (C=O) groups excluding carboxylic acids is 1. The van der Waals surface area contributed by atoms with Crippen LogP contribution in [0.2, 0.25) is 5.02 Å². The molecular formula is C19H22ClNO5. The predicted molar refractivity (Wildman–Crippen MR) is 100.0 cm³/mol. The van der Waals surface area contributed by atoms with Crippen LogP contribution in [0.5, 0.6) is 23.0 Å². The van der Waals surface area contributed by atoms with Crippen LogP contribution in [0.15, 0.2) is 36.4 Å². The van der Waals surface area contributed by atoms with Gasteiger partial charge in [-0.3, -0.25) is 4.79 Å². The Morgan fingerprint density at radius 1 is 1.04 bits per heavy atom. The van der Waals surface area contributed by atoms with Crippen molar-refractivity contribution in [2.45, 2.75) is 13.0 Å². The van der Waals surface area contributed by atoms with Crippen molar-refractivity contribution in [3.63, 3.8) is 0 Å². The Morgan fingerprint density at radius 3 is 2.12 bits per heavy atom. The molecule has 7 heteroatoms. The van der Waals surface area contributed by atoms with Gasteiger partial charge in [0.05, 0.1) is 27.4 Å². The monoisotopic (exact) mass is 379 g/mol. The number of ether oxygens (including phenoxy) is 4. The van der Waals surface area contributed by atoms with Gasteiger partial charge in [0, 0.05) is 10.6 Å². The lowest BCUT2D eigenvalue weighted by atomic mass is 10.1. The molecule has 0 aliphatic carbocycles. The Labute approximate surface area is 158 Å². The van der Waals surface area contributed by atoms with Crippen LogP contribution >= 0.6 is 11.6 Å². The van der Waals surface area contributed by atoms with E-state index in [4.69, 9.17) is 30.5 Å². The summed E-state index contributed by atoms with van der Waals surface area (Å²) in [6.07, 6.45) is 0. The van der Waals surface area contributed by atoms with Crippen molar-refractivity contribution >= 4 is 17.5 Å². The molecule has 140 valence electrons. The van der Waals surface area contributed by atoms with E-state index < -0.39 is 0 Å². The SMILES string of the molecule is COc1cc(C(=O)NC(C)COc2ccc(Cl)cc2)cc(OC)c1OC. The molecule has 2 aromatic carbocycles. The Bertz CT molecular complexity index is 723.